The Hall–Kier alpha value is -6.64. The maximum absolute atomic E-state index is 12.4. The molecule has 0 radical (unpaired) electrons. The number of hydrogen-bond donors (Lipinski definition) is 4. The van der Waals surface area contributed by atoms with Crippen molar-refractivity contribution < 1.29 is 34.8 Å². The molecule has 0 saturated heterocycles. The molecule has 0 heterocycles. The first kappa shape index (κ1) is 38.6. The van der Waals surface area contributed by atoms with Crippen LogP contribution in [0.25, 0.3) is 0 Å². The lowest BCUT2D eigenvalue weighted by Crippen LogP contribution is -2.19. The fraction of sp³-hybridized carbons (Fsp3) is 0.0500. The number of carbonyl (C=O) groups excluding carboxylic acids is 2. The molecule has 6 aromatic carbocycles. The summed E-state index contributed by atoms with van der Waals surface area (Å²) in [6.45, 7) is 3.61. The van der Waals surface area contributed by atoms with Gasteiger partial charge in [0.25, 0.3) is 0 Å². The molecule has 0 spiro atoms. The summed E-state index contributed by atoms with van der Waals surface area (Å²) >= 11 is 0. The van der Waals surface area contributed by atoms with Crippen LogP contribution in [0.5, 0.6) is 11.5 Å². The third-order valence-electron chi connectivity index (χ3n) is 7.24. The molecular weight excluding hydrogens is 729 g/mol. The molecule has 12 nitrogen and oxygen atoms in total. The van der Waals surface area contributed by atoms with Crippen LogP contribution in [0.4, 0.5) is 32.3 Å². The van der Waals surface area contributed by atoms with Crippen molar-refractivity contribution in [3.8, 4) is 11.5 Å². The lowest BCUT2D eigenvalue weighted by Gasteiger charge is -2.10. The SMILES string of the molecule is Cc1cccc(S(=O)(=O)Oc2ccc(NC(=O)Nc3ccccc3)cc2)c1.Cc1cccc(S(=O)(=O)Oc2cccc(NC(=O)Nc3ccccc3)c2)c1. The molecule has 0 atom stereocenters. The van der Waals surface area contributed by atoms with E-state index in [0.717, 1.165) is 11.1 Å². The van der Waals surface area contributed by atoms with Gasteiger partial charge in [0.2, 0.25) is 0 Å². The molecule has 0 aliphatic carbocycles. The lowest BCUT2D eigenvalue weighted by molar-refractivity contribution is 0.261. The number of para-hydroxylation sites is 2. The largest absolute Gasteiger partial charge is 0.379 e. The Morgan fingerprint density at radius 3 is 1.26 bits per heavy atom. The van der Waals surface area contributed by atoms with Crippen LogP contribution in [-0.2, 0) is 20.2 Å². The molecule has 0 unspecified atom stereocenters. The van der Waals surface area contributed by atoms with Crippen LogP contribution in [0.2, 0.25) is 0 Å². The van der Waals surface area contributed by atoms with Gasteiger partial charge in [-0.3, -0.25) is 0 Å². The van der Waals surface area contributed by atoms with Crippen molar-refractivity contribution in [2.24, 2.45) is 0 Å². The highest BCUT2D eigenvalue weighted by Crippen LogP contribution is 2.24. The van der Waals surface area contributed by atoms with Gasteiger partial charge in [0.05, 0.1) is 0 Å². The van der Waals surface area contributed by atoms with Crippen molar-refractivity contribution in [1.82, 2.24) is 0 Å². The zero-order valence-corrected chi connectivity index (χ0v) is 30.7. The standard InChI is InChI=1S/2C20H18N2O4S/c1-15-7-5-12-19(13-15)27(24,25)26-18-11-6-10-17(14-18)22-20(23)21-16-8-3-2-4-9-16;1-15-6-5-9-19(14-15)27(24,25)26-18-12-10-17(11-13-18)22-20(23)21-16-7-3-2-4-8-16/h2*2-14H,1H3,(H2,21,22,23). The number of anilines is 4. The number of benzene rings is 6. The van der Waals surface area contributed by atoms with Crippen molar-refractivity contribution in [2.75, 3.05) is 21.3 Å². The van der Waals surface area contributed by atoms with Crippen LogP contribution in [0.3, 0.4) is 0 Å². The smallest absolute Gasteiger partial charge is 0.339 e. The zero-order chi connectivity index (χ0) is 38.6. The van der Waals surface area contributed by atoms with Crippen molar-refractivity contribution in [2.45, 2.75) is 23.6 Å². The van der Waals surface area contributed by atoms with Gasteiger partial charge in [-0.15, -0.1) is 0 Å². The number of amides is 4. The van der Waals surface area contributed by atoms with E-state index < -0.39 is 32.3 Å². The molecule has 54 heavy (non-hydrogen) atoms. The minimum atomic E-state index is -3.96. The van der Waals surface area contributed by atoms with E-state index in [1.54, 1.807) is 105 Å². The highest BCUT2D eigenvalue weighted by molar-refractivity contribution is 7.87. The molecule has 6 rings (SSSR count). The van der Waals surface area contributed by atoms with E-state index in [9.17, 15) is 26.4 Å². The summed E-state index contributed by atoms with van der Waals surface area (Å²) in [5, 5.41) is 10.7. The molecule has 4 N–H and O–H groups in total. The maximum Gasteiger partial charge on any atom is 0.339 e. The third kappa shape index (κ3) is 11.7. The van der Waals surface area contributed by atoms with Gasteiger partial charge in [0.1, 0.15) is 21.3 Å². The third-order valence-corrected chi connectivity index (χ3v) is 9.72. The number of urea groups is 2. The molecule has 0 aromatic heterocycles. The van der Waals surface area contributed by atoms with Crippen LogP contribution < -0.4 is 29.6 Å². The molecule has 0 saturated carbocycles. The summed E-state index contributed by atoms with van der Waals surface area (Å²) in [5.41, 5.74) is 3.85. The second-order valence-electron chi connectivity index (χ2n) is 11.7. The maximum atomic E-state index is 12.4. The number of nitrogens with one attached hydrogen (secondary N) is 4. The first-order chi connectivity index (χ1) is 25.8. The predicted molar refractivity (Wildman–Crippen MR) is 209 cm³/mol. The van der Waals surface area contributed by atoms with Crippen LogP contribution in [0.1, 0.15) is 11.1 Å². The van der Waals surface area contributed by atoms with Crippen molar-refractivity contribution in [3.63, 3.8) is 0 Å². The number of carbonyl (C=O) groups is 2. The molecule has 276 valence electrons. The van der Waals surface area contributed by atoms with Crippen molar-refractivity contribution in [1.29, 1.82) is 0 Å². The minimum absolute atomic E-state index is 0.0719. The summed E-state index contributed by atoms with van der Waals surface area (Å²) in [5.74, 6) is 0.263. The normalized spacial score (nSPS) is 10.9. The molecule has 14 heteroatoms. The molecular formula is C40H36N4O8S2. The van der Waals surface area contributed by atoms with E-state index in [1.807, 2.05) is 24.3 Å². The molecule has 0 aliphatic heterocycles. The summed E-state index contributed by atoms with van der Waals surface area (Å²) in [4.78, 5) is 24.2. The predicted octanol–water partition coefficient (Wildman–Crippen LogP) is 8.81. The first-order valence-corrected chi connectivity index (χ1v) is 19.1. The summed E-state index contributed by atoms with van der Waals surface area (Å²) < 4.78 is 59.8. The highest BCUT2D eigenvalue weighted by atomic mass is 32.2. The number of hydrogen-bond acceptors (Lipinski definition) is 8. The quantitative estimate of drug-likeness (QED) is 0.100. The second kappa shape index (κ2) is 17.7. The van der Waals surface area contributed by atoms with Crippen LogP contribution in [0, 0.1) is 13.8 Å². The van der Waals surface area contributed by atoms with E-state index in [-0.39, 0.29) is 21.3 Å². The van der Waals surface area contributed by atoms with E-state index in [0.29, 0.717) is 22.7 Å². The molecule has 4 amide bonds. The second-order valence-corrected chi connectivity index (χ2v) is 14.7. The molecule has 0 fully saturated rings. The summed E-state index contributed by atoms with van der Waals surface area (Å²) in [6, 6.07) is 42.3. The average Bonchev–Trinajstić information content (AvgIpc) is 3.13. The lowest BCUT2D eigenvalue weighted by atomic mass is 10.2. The minimum Gasteiger partial charge on any atom is -0.379 e. The number of aryl methyl sites for hydroxylation is 2. The van der Waals surface area contributed by atoms with Gasteiger partial charge in [-0.2, -0.15) is 16.8 Å². The van der Waals surface area contributed by atoms with Gasteiger partial charge in [-0.25, -0.2) is 9.59 Å². The van der Waals surface area contributed by atoms with Gasteiger partial charge in [-0.05, 0) is 110 Å². The zero-order valence-electron chi connectivity index (χ0n) is 29.1. The molecule has 6 aromatic rings. The van der Waals surface area contributed by atoms with Gasteiger partial charge in [-0.1, -0.05) is 66.7 Å². The molecule has 0 bridgehead atoms. The average molecular weight is 765 g/mol. The van der Waals surface area contributed by atoms with E-state index >= 15 is 0 Å². The van der Waals surface area contributed by atoms with E-state index in [4.69, 9.17) is 8.37 Å². The monoisotopic (exact) mass is 764 g/mol. The fourth-order valence-electron chi connectivity index (χ4n) is 4.74. The van der Waals surface area contributed by atoms with Crippen LogP contribution in [-0.4, -0.2) is 28.9 Å². The Bertz CT molecular complexity index is 2430. The Labute approximate surface area is 314 Å². The summed E-state index contributed by atoms with van der Waals surface area (Å²) in [7, 11) is -7.87. The van der Waals surface area contributed by atoms with E-state index in [1.165, 1.54) is 42.5 Å². The highest BCUT2D eigenvalue weighted by Gasteiger charge is 2.18. The van der Waals surface area contributed by atoms with Gasteiger partial charge in [0, 0.05) is 28.8 Å². The Morgan fingerprint density at radius 1 is 0.407 bits per heavy atom. The fourth-order valence-corrected chi connectivity index (χ4v) is 6.81. The topological polar surface area (TPSA) is 169 Å². The molecule has 0 aliphatic rings. The summed E-state index contributed by atoms with van der Waals surface area (Å²) in [6.07, 6.45) is 0. The van der Waals surface area contributed by atoms with Gasteiger partial charge >= 0.3 is 32.3 Å². The van der Waals surface area contributed by atoms with Crippen molar-refractivity contribution >= 4 is 55.0 Å². The van der Waals surface area contributed by atoms with E-state index in [2.05, 4.69) is 21.3 Å². The van der Waals surface area contributed by atoms with Gasteiger partial charge in [0.15, 0.2) is 0 Å². The number of rotatable bonds is 10. The van der Waals surface area contributed by atoms with Crippen LogP contribution >= 0.6 is 0 Å². The Morgan fingerprint density at radius 2 is 0.796 bits per heavy atom. The van der Waals surface area contributed by atoms with Crippen molar-refractivity contribution in [3.05, 3.63) is 169 Å². The Balaban J connectivity index is 0.000000208. The van der Waals surface area contributed by atoms with Crippen LogP contribution in [0.15, 0.2) is 168 Å². The first-order valence-electron chi connectivity index (χ1n) is 16.3. The Kier molecular flexibility index (Phi) is 12.7. The van der Waals surface area contributed by atoms with Gasteiger partial charge < -0.3 is 29.6 Å².